The molecule has 4 N–H and O–H groups in total. The van der Waals surface area contributed by atoms with Crippen LogP contribution in [0.25, 0.3) is 0 Å². The zero-order valence-corrected chi connectivity index (χ0v) is 13.3. The fourth-order valence-corrected chi connectivity index (χ4v) is 2.98. The number of phenols is 1. The second kappa shape index (κ2) is 6.59. The van der Waals surface area contributed by atoms with E-state index in [9.17, 15) is 23.1 Å². The minimum Gasteiger partial charge on any atom is -0.507 e. The van der Waals surface area contributed by atoms with Gasteiger partial charge in [0.25, 0.3) is 10.0 Å². The minimum atomic E-state index is -4.03. The highest BCUT2D eigenvalue weighted by Gasteiger charge is 2.19. The van der Waals surface area contributed by atoms with E-state index >= 15 is 0 Å². The SMILES string of the molecule is CC(=O)Nc1ccc(NS(=O)(=O)c2ccc(O)c(C(=O)O)c2)cc1. The number of aromatic carboxylic acids is 1. The van der Waals surface area contributed by atoms with E-state index in [4.69, 9.17) is 5.11 Å². The Hall–Kier alpha value is -3.07. The van der Waals surface area contributed by atoms with E-state index in [1.807, 2.05) is 0 Å². The van der Waals surface area contributed by atoms with E-state index < -0.39 is 27.3 Å². The van der Waals surface area contributed by atoms with Crippen LogP contribution in [0, 0.1) is 0 Å². The molecule has 0 aliphatic carbocycles. The number of rotatable bonds is 5. The van der Waals surface area contributed by atoms with Crippen LogP contribution in [0.2, 0.25) is 0 Å². The summed E-state index contributed by atoms with van der Waals surface area (Å²) in [6.07, 6.45) is 0. The average Bonchev–Trinajstić information content (AvgIpc) is 2.48. The molecule has 0 saturated heterocycles. The van der Waals surface area contributed by atoms with Crippen molar-refractivity contribution < 1.29 is 28.2 Å². The molecule has 0 fully saturated rings. The van der Waals surface area contributed by atoms with Crippen molar-refractivity contribution in [2.45, 2.75) is 11.8 Å². The number of nitrogens with one attached hydrogen (secondary N) is 2. The Bertz CT molecular complexity index is 891. The van der Waals surface area contributed by atoms with Crippen LogP contribution >= 0.6 is 0 Å². The van der Waals surface area contributed by atoms with Gasteiger partial charge in [-0.25, -0.2) is 13.2 Å². The summed E-state index contributed by atoms with van der Waals surface area (Å²) < 4.78 is 26.9. The third-order valence-corrected chi connectivity index (χ3v) is 4.35. The summed E-state index contributed by atoms with van der Waals surface area (Å²) in [4.78, 5) is 21.6. The maximum absolute atomic E-state index is 12.3. The Kier molecular flexibility index (Phi) is 4.74. The van der Waals surface area contributed by atoms with Gasteiger partial charge in [-0.2, -0.15) is 0 Å². The molecule has 0 aromatic heterocycles. The normalized spacial score (nSPS) is 10.9. The van der Waals surface area contributed by atoms with Gasteiger partial charge in [0.15, 0.2) is 0 Å². The molecule has 0 heterocycles. The monoisotopic (exact) mass is 350 g/mol. The predicted octanol–water partition coefficient (Wildman–Crippen LogP) is 1.85. The molecule has 8 nitrogen and oxygen atoms in total. The van der Waals surface area contributed by atoms with Gasteiger partial charge in [-0.05, 0) is 42.5 Å². The van der Waals surface area contributed by atoms with E-state index in [-0.39, 0.29) is 16.5 Å². The van der Waals surface area contributed by atoms with Gasteiger partial charge in [0, 0.05) is 18.3 Å². The first-order valence-corrected chi connectivity index (χ1v) is 8.14. The molecule has 0 atom stereocenters. The molecule has 0 radical (unpaired) electrons. The second-order valence-corrected chi connectivity index (χ2v) is 6.53. The lowest BCUT2D eigenvalue weighted by Gasteiger charge is -2.10. The van der Waals surface area contributed by atoms with Gasteiger partial charge in [-0.1, -0.05) is 0 Å². The van der Waals surface area contributed by atoms with Gasteiger partial charge < -0.3 is 15.5 Å². The fourth-order valence-electron chi connectivity index (χ4n) is 1.89. The quantitative estimate of drug-likeness (QED) is 0.650. The first kappa shape index (κ1) is 17.3. The summed E-state index contributed by atoms with van der Waals surface area (Å²) in [5, 5.41) is 20.9. The molecule has 0 aliphatic rings. The zero-order valence-electron chi connectivity index (χ0n) is 12.5. The topological polar surface area (TPSA) is 133 Å². The molecular weight excluding hydrogens is 336 g/mol. The number of carbonyl (C=O) groups excluding carboxylic acids is 1. The second-order valence-electron chi connectivity index (χ2n) is 4.85. The third kappa shape index (κ3) is 4.02. The largest absolute Gasteiger partial charge is 0.507 e. The summed E-state index contributed by atoms with van der Waals surface area (Å²) >= 11 is 0. The van der Waals surface area contributed by atoms with Crippen LogP contribution in [0.4, 0.5) is 11.4 Å². The van der Waals surface area contributed by atoms with Crippen molar-refractivity contribution in [2.24, 2.45) is 0 Å². The Labute approximate surface area is 137 Å². The van der Waals surface area contributed by atoms with Gasteiger partial charge in [-0.15, -0.1) is 0 Å². The Morgan fingerprint density at radius 3 is 2.12 bits per heavy atom. The predicted molar refractivity (Wildman–Crippen MR) is 86.6 cm³/mol. The summed E-state index contributed by atoms with van der Waals surface area (Å²) in [5.74, 6) is -2.22. The number of benzene rings is 2. The van der Waals surface area contributed by atoms with E-state index in [1.54, 1.807) is 0 Å². The number of hydrogen-bond donors (Lipinski definition) is 4. The number of hydrogen-bond acceptors (Lipinski definition) is 5. The van der Waals surface area contributed by atoms with Gasteiger partial charge in [0.2, 0.25) is 5.91 Å². The molecule has 24 heavy (non-hydrogen) atoms. The molecule has 2 rings (SSSR count). The van der Waals surface area contributed by atoms with Crippen molar-refractivity contribution in [3.05, 3.63) is 48.0 Å². The van der Waals surface area contributed by atoms with Crippen LogP contribution in [-0.2, 0) is 14.8 Å². The molecule has 9 heteroatoms. The Morgan fingerprint density at radius 1 is 1.00 bits per heavy atom. The molecule has 0 saturated carbocycles. The summed E-state index contributed by atoms with van der Waals surface area (Å²) in [6.45, 7) is 1.35. The van der Waals surface area contributed by atoms with E-state index in [0.29, 0.717) is 5.69 Å². The summed E-state index contributed by atoms with van der Waals surface area (Å²) in [7, 11) is -4.03. The van der Waals surface area contributed by atoms with Crippen LogP contribution in [0.3, 0.4) is 0 Å². The van der Waals surface area contributed by atoms with Crippen molar-refractivity contribution in [2.75, 3.05) is 10.0 Å². The maximum atomic E-state index is 12.3. The highest BCUT2D eigenvalue weighted by Crippen LogP contribution is 2.23. The van der Waals surface area contributed by atoms with Crippen molar-refractivity contribution in [3.63, 3.8) is 0 Å². The first-order chi connectivity index (χ1) is 11.2. The van der Waals surface area contributed by atoms with Crippen LogP contribution in [0.1, 0.15) is 17.3 Å². The lowest BCUT2D eigenvalue weighted by atomic mass is 10.2. The highest BCUT2D eigenvalue weighted by atomic mass is 32.2. The fraction of sp³-hybridized carbons (Fsp3) is 0.0667. The maximum Gasteiger partial charge on any atom is 0.339 e. The van der Waals surface area contributed by atoms with Crippen LogP contribution in [0.5, 0.6) is 5.75 Å². The van der Waals surface area contributed by atoms with Gasteiger partial charge in [0.05, 0.1) is 4.90 Å². The molecule has 0 aliphatic heterocycles. The standard InChI is InChI=1S/C15H14N2O6S/c1-9(18)16-10-2-4-11(5-3-10)17-24(22,23)12-6-7-14(19)13(8-12)15(20)21/h2-8,17,19H,1H3,(H,16,18)(H,20,21). The molecule has 1 amide bonds. The minimum absolute atomic E-state index is 0.231. The molecular formula is C15H14N2O6S. The van der Waals surface area contributed by atoms with Crippen molar-refractivity contribution >= 4 is 33.3 Å². The van der Waals surface area contributed by atoms with Gasteiger partial charge in [0.1, 0.15) is 11.3 Å². The number of carboxylic acid groups (broad SMARTS) is 1. The summed E-state index contributed by atoms with van der Waals surface area (Å²) in [5.41, 5.74) is 0.219. The first-order valence-electron chi connectivity index (χ1n) is 6.66. The lowest BCUT2D eigenvalue weighted by molar-refractivity contribution is -0.114. The molecule has 0 unspecified atom stereocenters. The lowest BCUT2D eigenvalue weighted by Crippen LogP contribution is -2.14. The number of anilines is 2. The number of aromatic hydroxyl groups is 1. The highest BCUT2D eigenvalue weighted by molar-refractivity contribution is 7.92. The molecule has 2 aromatic rings. The third-order valence-electron chi connectivity index (χ3n) is 2.97. The molecule has 126 valence electrons. The van der Waals surface area contributed by atoms with E-state index in [1.165, 1.54) is 31.2 Å². The van der Waals surface area contributed by atoms with E-state index in [0.717, 1.165) is 18.2 Å². The van der Waals surface area contributed by atoms with Gasteiger partial charge in [-0.3, -0.25) is 9.52 Å². The number of sulfonamides is 1. The van der Waals surface area contributed by atoms with Crippen molar-refractivity contribution in [3.8, 4) is 5.75 Å². The molecule has 0 bridgehead atoms. The number of carbonyl (C=O) groups is 2. The van der Waals surface area contributed by atoms with Crippen LogP contribution in [-0.4, -0.2) is 30.5 Å². The van der Waals surface area contributed by atoms with Crippen molar-refractivity contribution in [1.29, 1.82) is 0 Å². The Balaban J connectivity index is 2.27. The Morgan fingerprint density at radius 2 is 1.58 bits per heavy atom. The van der Waals surface area contributed by atoms with Crippen molar-refractivity contribution in [1.82, 2.24) is 0 Å². The smallest absolute Gasteiger partial charge is 0.339 e. The number of carboxylic acids is 1. The molecule has 0 spiro atoms. The van der Waals surface area contributed by atoms with E-state index in [2.05, 4.69) is 10.0 Å². The van der Waals surface area contributed by atoms with Crippen LogP contribution in [0.15, 0.2) is 47.4 Å². The number of amides is 1. The zero-order chi connectivity index (χ0) is 17.9. The molecule has 2 aromatic carbocycles. The summed E-state index contributed by atoms with van der Waals surface area (Å²) in [6, 6.07) is 8.87. The van der Waals surface area contributed by atoms with Crippen LogP contribution < -0.4 is 10.0 Å². The average molecular weight is 350 g/mol. The van der Waals surface area contributed by atoms with Gasteiger partial charge >= 0.3 is 5.97 Å².